The molecule has 2 heterocycles. The maximum atomic E-state index is 13.3. The normalized spacial score (nSPS) is 20.7. The lowest BCUT2D eigenvalue weighted by atomic mass is 9.99. The van der Waals surface area contributed by atoms with Crippen molar-refractivity contribution in [2.45, 2.75) is 31.1 Å². The SMILES string of the molecule is O=C(CCCC1(c2ccc(F)cc2)OCCO1)N1C(=O)OCC1c1ccccc1. The topological polar surface area (TPSA) is 65.1 Å². The highest BCUT2D eigenvalue weighted by molar-refractivity contribution is 5.93. The van der Waals surface area contributed by atoms with Crippen LogP contribution in [0.1, 0.15) is 36.4 Å². The number of benzene rings is 2. The van der Waals surface area contributed by atoms with Crippen LogP contribution in [0.25, 0.3) is 0 Å². The monoisotopic (exact) mass is 399 g/mol. The summed E-state index contributed by atoms with van der Waals surface area (Å²) in [6.45, 7) is 1.01. The smallest absolute Gasteiger partial charge is 0.417 e. The number of hydrogen-bond acceptors (Lipinski definition) is 5. The van der Waals surface area contributed by atoms with Gasteiger partial charge in [0.05, 0.1) is 13.2 Å². The van der Waals surface area contributed by atoms with Gasteiger partial charge in [0.2, 0.25) is 5.91 Å². The molecule has 4 rings (SSSR count). The first-order chi connectivity index (χ1) is 14.1. The summed E-state index contributed by atoms with van der Waals surface area (Å²) < 4.78 is 30.0. The molecule has 1 unspecified atom stereocenters. The fourth-order valence-corrected chi connectivity index (χ4v) is 3.82. The van der Waals surface area contributed by atoms with E-state index in [2.05, 4.69) is 0 Å². The minimum Gasteiger partial charge on any atom is -0.446 e. The summed E-state index contributed by atoms with van der Waals surface area (Å²) in [6.07, 6.45) is 0.393. The molecule has 2 fully saturated rings. The Morgan fingerprint density at radius 3 is 2.45 bits per heavy atom. The highest BCUT2D eigenvalue weighted by atomic mass is 19.1. The Hall–Kier alpha value is -2.77. The second kappa shape index (κ2) is 8.31. The maximum Gasteiger partial charge on any atom is 0.417 e. The lowest BCUT2D eigenvalue weighted by Gasteiger charge is -2.28. The summed E-state index contributed by atoms with van der Waals surface area (Å²) >= 11 is 0. The van der Waals surface area contributed by atoms with Crippen LogP contribution < -0.4 is 0 Å². The summed E-state index contributed by atoms with van der Waals surface area (Å²) in [7, 11) is 0. The van der Waals surface area contributed by atoms with Crippen LogP contribution >= 0.6 is 0 Å². The van der Waals surface area contributed by atoms with Crippen molar-refractivity contribution >= 4 is 12.0 Å². The minimum absolute atomic E-state index is 0.147. The Kier molecular flexibility index (Phi) is 5.60. The Bertz CT molecular complexity index is 865. The molecule has 152 valence electrons. The molecule has 1 atom stereocenters. The van der Waals surface area contributed by atoms with Gasteiger partial charge in [-0.2, -0.15) is 0 Å². The number of ether oxygens (including phenoxy) is 3. The van der Waals surface area contributed by atoms with Crippen LogP contribution in [0.15, 0.2) is 54.6 Å². The average Bonchev–Trinajstić information content (AvgIpc) is 3.37. The van der Waals surface area contributed by atoms with Gasteiger partial charge in [-0.05, 0) is 24.1 Å². The van der Waals surface area contributed by atoms with Gasteiger partial charge in [0, 0.05) is 18.4 Å². The molecule has 0 bridgehead atoms. The quantitative estimate of drug-likeness (QED) is 0.737. The summed E-state index contributed by atoms with van der Waals surface area (Å²) in [5, 5.41) is 0. The first kappa shape index (κ1) is 19.5. The molecular weight excluding hydrogens is 377 g/mol. The number of halogens is 1. The van der Waals surface area contributed by atoms with Crippen LogP contribution in [-0.2, 0) is 24.8 Å². The molecule has 7 heteroatoms. The van der Waals surface area contributed by atoms with Crippen molar-refractivity contribution in [2.75, 3.05) is 19.8 Å². The predicted molar refractivity (Wildman–Crippen MR) is 101 cm³/mol. The van der Waals surface area contributed by atoms with Gasteiger partial charge in [-0.15, -0.1) is 0 Å². The Morgan fingerprint density at radius 2 is 1.76 bits per heavy atom. The van der Waals surface area contributed by atoms with Gasteiger partial charge in [0.1, 0.15) is 18.5 Å². The number of nitrogens with zero attached hydrogens (tertiary/aromatic N) is 1. The molecule has 2 saturated heterocycles. The van der Waals surface area contributed by atoms with Crippen LogP contribution in [0.2, 0.25) is 0 Å². The van der Waals surface area contributed by atoms with E-state index in [1.807, 2.05) is 30.3 Å². The fraction of sp³-hybridized carbons (Fsp3) is 0.364. The van der Waals surface area contributed by atoms with Crippen molar-refractivity contribution in [2.24, 2.45) is 0 Å². The molecule has 2 aromatic rings. The van der Waals surface area contributed by atoms with Crippen molar-refractivity contribution in [3.8, 4) is 0 Å². The molecule has 0 radical (unpaired) electrons. The second-order valence-electron chi connectivity index (χ2n) is 7.08. The number of imide groups is 1. The van der Waals surface area contributed by atoms with Crippen molar-refractivity contribution in [1.82, 2.24) is 4.90 Å². The van der Waals surface area contributed by atoms with Gasteiger partial charge >= 0.3 is 6.09 Å². The molecule has 6 nitrogen and oxygen atoms in total. The molecule has 0 aromatic heterocycles. The highest BCUT2D eigenvalue weighted by Gasteiger charge is 2.41. The predicted octanol–water partition coefficient (Wildman–Crippen LogP) is 3.92. The standard InChI is InChI=1S/C22H22FNO5/c23-18-10-8-17(9-11-18)22(28-13-14-29-22)12-4-7-20(25)24-19(15-27-21(24)26)16-5-2-1-3-6-16/h1-3,5-6,8-11,19H,4,7,12-15H2. The molecule has 0 aliphatic carbocycles. The number of rotatable bonds is 6. The van der Waals surface area contributed by atoms with E-state index in [0.29, 0.717) is 31.6 Å². The van der Waals surface area contributed by atoms with Crippen LogP contribution in [0.3, 0.4) is 0 Å². The summed E-state index contributed by atoms with van der Waals surface area (Å²) in [5.41, 5.74) is 1.57. The maximum absolute atomic E-state index is 13.3. The van der Waals surface area contributed by atoms with Gasteiger partial charge < -0.3 is 14.2 Å². The zero-order valence-electron chi connectivity index (χ0n) is 15.9. The van der Waals surface area contributed by atoms with E-state index in [-0.39, 0.29) is 24.8 Å². The number of cyclic esters (lactones) is 1. The van der Waals surface area contributed by atoms with Crippen LogP contribution in [0, 0.1) is 5.82 Å². The summed E-state index contributed by atoms with van der Waals surface area (Å²) in [4.78, 5) is 26.1. The molecule has 0 spiro atoms. The molecule has 29 heavy (non-hydrogen) atoms. The van der Waals surface area contributed by atoms with E-state index in [9.17, 15) is 14.0 Å². The van der Waals surface area contributed by atoms with Gasteiger partial charge in [0.25, 0.3) is 0 Å². The van der Waals surface area contributed by atoms with Gasteiger partial charge in [-0.3, -0.25) is 4.79 Å². The van der Waals surface area contributed by atoms with E-state index < -0.39 is 17.9 Å². The van der Waals surface area contributed by atoms with Crippen molar-refractivity contribution in [3.63, 3.8) is 0 Å². The summed E-state index contributed by atoms with van der Waals surface area (Å²) in [5.74, 6) is -1.62. The number of carbonyl (C=O) groups is 2. The Balaban J connectivity index is 1.42. The second-order valence-corrected chi connectivity index (χ2v) is 7.08. The summed E-state index contributed by atoms with van der Waals surface area (Å²) in [6, 6.07) is 14.9. The third-order valence-electron chi connectivity index (χ3n) is 5.26. The lowest BCUT2D eigenvalue weighted by Crippen LogP contribution is -2.34. The Labute approximate surface area is 168 Å². The van der Waals surface area contributed by atoms with E-state index in [1.165, 1.54) is 17.0 Å². The molecule has 2 aliphatic rings. The van der Waals surface area contributed by atoms with E-state index in [1.54, 1.807) is 12.1 Å². The van der Waals surface area contributed by atoms with Crippen molar-refractivity contribution in [1.29, 1.82) is 0 Å². The number of carbonyl (C=O) groups excluding carboxylic acids is 2. The van der Waals surface area contributed by atoms with Gasteiger partial charge in [-0.25, -0.2) is 14.1 Å². The lowest BCUT2D eigenvalue weighted by molar-refractivity contribution is -0.172. The number of amides is 2. The largest absolute Gasteiger partial charge is 0.446 e. The fourth-order valence-electron chi connectivity index (χ4n) is 3.82. The molecule has 0 N–H and O–H groups in total. The first-order valence-corrected chi connectivity index (χ1v) is 9.67. The average molecular weight is 399 g/mol. The molecule has 2 aliphatic heterocycles. The third-order valence-corrected chi connectivity index (χ3v) is 5.26. The Morgan fingerprint density at radius 1 is 1.07 bits per heavy atom. The van der Waals surface area contributed by atoms with Crippen LogP contribution in [0.4, 0.5) is 9.18 Å². The van der Waals surface area contributed by atoms with E-state index >= 15 is 0 Å². The van der Waals surface area contributed by atoms with Crippen molar-refractivity contribution in [3.05, 3.63) is 71.5 Å². The zero-order chi connectivity index (χ0) is 20.3. The highest BCUT2D eigenvalue weighted by Crippen LogP contribution is 2.37. The first-order valence-electron chi connectivity index (χ1n) is 9.67. The van der Waals surface area contributed by atoms with Crippen LogP contribution in [0.5, 0.6) is 0 Å². The van der Waals surface area contributed by atoms with Crippen LogP contribution in [-0.4, -0.2) is 36.7 Å². The molecule has 2 aromatic carbocycles. The van der Waals surface area contributed by atoms with E-state index in [0.717, 1.165) is 5.56 Å². The molecule has 2 amide bonds. The zero-order valence-corrected chi connectivity index (χ0v) is 15.9. The third kappa shape index (κ3) is 4.02. The number of hydrogen-bond donors (Lipinski definition) is 0. The minimum atomic E-state index is -0.988. The van der Waals surface area contributed by atoms with Crippen molar-refractivity contribution < 1.29 is 28.2 Å². The van der Waals surface area contributed by atoms with E-state index in [4.69, 9.17) is 14.2 Å². The van der Waals surface area contributed by atoms with Gasteiger partial charge in [-0.1, -0.05) is 42.5 Å². The van der Waals surface area contributed by atoms with Gasteiger partial charge in [0.15, 0.2) is 5.79 Å². The molecule has 0 saturated carbocycles. The molecular formula is C22H22FNO5.